The monoisotopic (exact) mass is 268 g/mol. The molecule has 0 aliphatic rings. The third-order valence-corrected chi connectivity index (χ3v) is 3.27. The topological polar surface area (TPSA) is 49.7 Å². The molecule has 1 atom stereocenters. The Morgan fingerprint density at radius 3 is 2.63 bits per heavy atom. The zero-order valence-electron chi connectivity index (χ0n) is 11.6. The Hall–Kier alpha value is -1.07. The zero-order valence-corrected chi connectivity index (χ0v) is 11.6. The highest BCUT2D eigenvalue weighted by Crippen LogP contribution is 2.16. The number of rotatable bonds is 8. The van der Waals surface area contributed by atoms with Crippen molar-refractivity contribution in [2.45, 2.75) is 39.5 Å². The minimum absolute atomic E-state index is 0.201. The van der Waals surface area contributed by atoms with Gasteiger partial charge < -0.3 is 14.8 Å². The van der Waals surface area contributed by atoms with E-state index in [1.807, 2.05) is 0 Å². The average molecular weight is 268 g/mol. The molecule has 106 valence electrons. The van der Waals surface area contributed by atoms with Crippen molar-refractivity contribution in [3.8, 4) is 5.75 Å². The SMILES string of the molecule is CCCCC(CC)COc1cc(F)ccc1B(O)O. The van der Waals surface area contributed by atoms with Crippen LogP contribution in [0, 0.1) is 11.7 Å². The summed E-state index contributed by atoms with van der Waals surface area (Å²) in [5, 5.41) is 18.4. The zero-order chi connectivity index (χ0) is 14.3. The van der Waals surface area contributed by atoms with E-state index in [0.29, 0.717) is 12.5 Å². The van der Waals surface area contributed by atoms with Gasteiger partial charge in [-0.25, -0.2) is 4.39 Å². The molecule has 5 heteroatoms. The largest absolute Gasteiger partial charge is 0.494 e. The van der Waals surface area contributed by atoms with Crippen LogP contribution in [0.3, 0.4) is 0 Å². The lowest BCUT2D eigenvalue weighted by Gasteiger charge is -2.17. The second-order valence-electron chi connectivity index (χ2n) is 4.78. The van der Waals surface area contributed by atoms with Gasteiger partial charge >= 0.3 is 7.12 Å². The van der Waals surface area contributed by atoms with Crippen LogP contribution in [-0.2, 0) is 0 Å². The second kappa shape index (κ2) is 8.18. The minimum atomic E-state index is -1.65. The van der Waals surface area contributed by atoms with E-state index in [4.69, 9.17) is 4.74 Å². The molecule has 1 aromatic carbocycles. The summed E-state index contributed by atoms with van der Waals surface area (Å²) in [6, 6.07) is 3.72. The van der Waals surface area contributed by atoms with Crippen LogP contribution < -0.4 is 10.2 Å². The van der Waals surface area contributed by atoms with Crippen LogP contribution in [0.25, 0.3) is 0 Å². The smallest absolute Gasteiger partial charge is 0.492 e. The summed E-state index contributed by atoms with van der Waals surface area (Å²) < 4.78 is 18.7. The number of benzene rings is 1. The predicted octanol–water partition coefficient (Wildman–Crippen LogP) is 2.10. The molecule has 19 heavy (non-hydrogen) atoms. The summed E-state index contributed by atoms with van der Waals surface area (Å²) in [5.74, 6) is 0.179. The molecule has 0 bridgehead atoms. The van der Waals surface area contributed by atoms with Gasteiger partial charge in [0.1, 0.15) is 11.6 Å². The highest BCUT2D eigenvalue weighted by molar-refractivity contribution is 6.59. The van der Waals surface area contributed by atoms with E-state index >= 15 is 0 Å². The molecule has 0 aromatic heterocycles. The highest BCUT2D eigenvalue weighted by Gasteiger charge is 2.18. The summed E-state index contributed by atoms with van der Waals surface area (Å²) in [6.45, 7) is 4.71. The van der Waals surface area contributed by atoms with E-state index in [0.717, 1.165) is 25.7 Å². The van der Waals surface area contributed by atoms with Gasteiger partial charge in [0, 0.05) is 11.5 Å². The van der Waals surface area contributed by atoms with Crippen molar-refractivity contribution in [2.24, 2.45) is 5.92 Å². The van der Waals surface area contributed by atoms with E-state index in [1.54, 1.807) is 0 Å². The summed E-state index contributed by atoms with van der Waals surface area (Å²) in [5.41, 5.74) is 0.201. The van der Waals surface area contributed by atoms with E-state index < -0.39 is 12.9 Å². The molecule has 0 saturated carbocycles. The van der Waals surface area contributed by atoms with Crippen LogP contribution in [0.2, 0.25) is 0 Å². The van der Waals surface area contributed by atoms with Crippen molar-refractivity contribution in [2.75, 3.05) is 6.61 Å². The van der Waals surface area contributed by atoms with Gasteiger partial charge in [0.2, 0.25) is 0 Å². The molecule has 1 aromatic rings. The first-order valence-corrected chi connectivity index (χ1v) is 6.86. The summed E-state index contributed by atoms with van der Waals surface area (Å²) >= 11 is 0. The Labute approximate surface area is 114 Å². The molecule has 0 amide bonds. The standard InChI is InChI=1S/C14H22BFO3/c1-3-5-6-11(4-2)10-19-14-9-12(16)7-8-13(14)15(17)18/h7-9,11,17-18H,3-6,10H2,1-2H3. The molecule has 0 aliphatic carbocycles. The Balaban J connectivity index is 2.67. The molecule has 0 heterocycles. The van der Waals surface area contributed by atoms with Gasteiger partial charge in [-0.05, 0) is 18.4 Å². The summed E-state index contributed by atoms with van der Waals surface area (Å²) in [4.78, 5) is 0. The minimum Gasteiger partial charge on any atom is -0.494 e. The first-order valence-electron chi connectivity index (χ1n) is 6.86. The number of hydrogen-bond donors (Lipinski definition) is 2. The Morgan fingerprint density at radius 2 is 2.05 bits per heavy atom. The maximum atomic E-state index is 13.2. The normalized spacial score (nSPS) is 12.3. The fourth-order valence-corrected chi connectivity index (χ4v) is 1.95. The molecule has 0 fully saturated rings. The molecule has 1 unspecified atom stereocenters. The van der Waals surface area contributed by atoms with Crippen molar-refractivity contribution < 1.29 is 19.2 Å². The van der Waals surface area contributed by atoms with Gasteiger partial charge in [-0.15, -0.1) is 0 Å². The Bertz CT molecular complexity index is 385. The van der Waals surface area contributed by atoms with Gasteiger partial charge in [-0.2, -0.15) is 0 Å². The summed E-state index contributed by atoms with van der Waals surface area (Å²) in [6.07, 6.45) is 4.34. The molecule has 0 saturated heterocycles. The molecule has 1 rings (SSSR count). The molecule has 0 spiro atoms. The molecular formula is C14H22BFO3. The van der Waals surface area contributed by atoms with Crippen LogP contribution in [0.5, 0.6) is 5.75 Å². The number of halogens is 1. The number of hydrogen-bond acceptors (Lipinski definition) is 3. The van der Waals surface area contributed by atoms with E-state index in [2.05, 4.69) is 13.8 Å². The van der Waals surface area contributed by atoms with Crippen LogP contribution in [0.1, 0.15) is 39.5 Å². The fourth-order valence-electron chi connectivity index (χ4n) is 1.95. The lowest BCUT2D eigenvalue weighted by Crippen LogP contribution is -2.32. The number of ether oxygens (including phenoxy) is 1. The van der Waals surface area contributed by atoms with Crippen LogP contribution in [0.4, 0.5) is 4.39 Å². The van der Waals surface area contributed by atoms with Gasteiger partial charge in [0.05, 0.1) is 6.61 Å². The maximum absolute atomic E-state index is 13.2. The fraction of sp³-hybridized carbons (Fsp3) is 0.571. The van der Waals surface area contributed by atoms with Crippen LogP contribution in [0.15, 0.2) is 18.2 Å². The molecule has 3 nitrogen and oxygen atoms in total. The van der Waals surface area contributed by atoms with Crippen molar-refractivity contribution in [3.63, 3.8) is 0 Å². The lowest BCUT2D eigenvalue weighted by atomic mass is 9.79. The molecule has 0 aliphatic heterocycles. The van der Waals surface area contributed by atoms with E-state index in [-0.39, 0.29) is 11.2 Å². The van der Waals surface area contributed by atoms with E-state index in [9.17, 15) is 14.4 Å². The lowest BCUT2D eigenvalue weighted by molar-refractivity contribution is 0.233. The third kappa shape index (κ3) is 5.21. The van der Waals surface area contributed by atoms with Crippen molar-refractivity contribution in [1.29, 1.82) is 0 Å². The van der Waals surface area contributed by atoms with Gasteiger partial charge in [-0.3, -0.25) is 0 Å². The third-order valence-electron chi connectivity index (χ3n) is 3.27. The first-order chi connectivity index (χ1) is 9.08. The van der Waals surface area contributed by atoms with Crippen molar-refractivity contribution in [3.05, 3.63) is 24.0 Å². The van der Waals surface area contributed by atoms with Gasteiger partial charge in [0.15, 0.2) is 0 Å². The van der Waals surface area contributed by atoms with Crippen LogP contribution in [-0.4, -0.2) is 23.8 Å². The first kappa shape index (κ1) is 16.0. The van der Waals surface area contributed by atoms with Gasteiger partial charge in [-0.1, -0.05) is 39.2 Å². The quantitative estimate of drug-likeness (QED) is 0.710. The van der Waals surface area contributed by atoms with Gasteiger partial charge in [0.25, 0.3) is 0 Å². The van der Waals surface area contributed by atoms with Crippen molar-refractivity contribution >= 4 is 12.6 Å². The predicted molar refractivity (Wildman–Crippen MR) is 75.0 cm³/mol. The van der Waals surface area contributed by atoms with E-state index in [1.165, 1.54) is 18.2 Å². The Morgan fingerprint density at radius 1 is 1.32 bits per heavy atom. The maximum Gasteiger partial charge on any atom is 0.492 e. The molecular weight excluding hydrogens is 246 g/mol. The number of unbranched alkanes of at least 4 members (excludes halogenated alkanes) is 1. The summed E-state index contributed by atoms with van der Waals surface area (Å²) in [7, 11) is -1.65. The molecule has 2 N–H and O–H groups in total. The average Bonchev–Trinajstić information content (AvgIpc) is 2.38. The van der Waals surface area contributed by atoms with Crippen LogP contribution >= 0.6 is 0 Å². The highest BCUT2D eigenvalue weighted by atomic mass is 19.1. The second-order valence-corrected chi connectivity index (χ2v) is 4.78. The molecule has 0 radical (unpaired) electrons. The Kier molecular flexibility index (Phi) is 6.88. The van der Waals surface area contributed by atoms with Crippen molar-refractivity contribution in [1.82, 2.24) is 0 Å².